The molecule has 128 valence electrons. The summed E-state index contributed by atoms with van der Waals surface area (Å²) < 4.78 is 0. The molecule has 3 rings (SSSR count). The van der Waals surface area contributed by atoms with Crippen LogP contribution in [0.1, 0.15) is 56.9 Å². The predicted molar refractivity (Wildman–Crippen MR) is 97.2 cm³/mol. The van der Waals surface area contributed by atoms with Crippen LogP contribution in [-0.4, -0.2) is 18.0 Å². The molecule has 2 aliphatic rings. The van der Waals surface area contributed by atoms with Crippen LogP contribution in [0.3, 0.4) is 0 Å². The molecule has 3 N–H and O–H groups in total. The van der Waals surface area contributed by atoms with Gasteiger partial charge in [0.1, 0.15) is 0 Å². The first-order valence-electron chi connectivity index (χ1n) is 8.43. The summed E-state index contributed by atoms with van der Waals surface area (Å²) in [5.41, 5.74) is 6.71. The molecular formula is C18H26Cl2N2O. The Morgan fingerprint density at radius 3 is 2.22 bits per heavy atom. The van der Waals surface area contributed by atoms with Gasteiger partial charge in [-0.05, 0) is 56.2 Å². The van der Waals surface area contributed by atoms with Crippen LogP contribution in [0.5, 0.6) is 0 Å². The van der Waals surface area contributed by atoms with E-state index in [-0.39, 0.29) is 29.8 Å². The van der Waals surface area contributed by atoms with E-state index in [1.54, 1.807) is 0 Å². The lowest BCUT2D eigenvalue weighted by molar-refractivity contribution is -0.127. The molecule has 0 aromatic heterocycles. The molecule has 0 aliphatic heterocycles. The van der Waals surface area contributed by atoms with Crippen LogP contribution in [0.4, 0.5) is 0 Å². The molecule has 0 saturated heterocycles. The highest BCUT2D eigenvalue weighted by Gasteiger charge is 2.43. The summed E-state index contributed by atoms with van der Waals surface area (Å²) in [4.78, 5) is 13.0. The lowest BCUT2D eigenvalue weighted by atomic mass is 9.77. The fourth-order valence-corrected chi connectivity index (χ4v) is 4.11. The zero-order chi connectivity index (χ0) is 15.6. The van der Waals surface area contributed by atoms with E-state index >= 15 is 0 Å². The van der Waals surface area contributed by atoms with Crippen LogP contribution < -0.4 is 11.1 Å². The highest BCUT2D eigenvalue weighted by atomic mass is 35.5. The maximum atomic E-state index is 13.0. The Balaban J connectivity index is 0.00000192. The molecule has 1 aromatic carbocycles. The molecule has 0 spiro atoms. The number of carbonyl (C=O) groups excluding carboxylic acids is 1. The van der Waals surface area contributed by atoms with Crippen LogP contribution >= 0.6 is 24.0 Å². The van der Waals surface area contributed by atoms with Gasteiger partial charge >= 0.3 is 0 Å². The molecule has 2 saturated carbocycles. The Kier molecular flexibility index (Phi) is 6.35. The third-order valence-corrected chi connectivity index (χ3v) is 5.65. The predicted octanol–water partition coefficient (Wildman–Crippen LogP) is 3.96. The average Bonchev–Trinajstić information content (AvgIpc) is 3.01. The molecule has 2 aliphatic carbocycles. The second kappa shape index (κ2) is 7.87. The Labute approximate surface area is 149 Å². The molecule has 0 heterocycles. The normalized spacial score (nSPS) is 26.3. The number of amides is 1. The van der Waals surface area contributed by atoms with Crippen molar-refractivity contribution in [3.8, 4) is 0 Å². The largest absolute Gasteiger partial charge is 0.353 e. The van der Waals surface area contributed by atoms with Crippen molar-refractivity contribution in [1.82, 2.24) is 5.32 Å². The zero-order valence-corrected chi connectivity index (χ0v) is 15.0. The van der Waals surface area contributed by atoms with Gasteiger partial charge in [-0.25, -0.2) is 0 Å². The van der Waals surface area contributed by atoms with Crippen molar-refractivity contribution < 1.29 is 4.79 Å². The lowest BCUT2D eigenvalue weighted by Gasteiger charge is -2.33. The second-order valence-electron chi connectivity index (χ2n) is 6.88. The van der Waals surface area contributed by atoms with Gasteiger partial charge in [-0.3, -0.25) is 4.79 Å². The highest BCUT2D eigenvalue weighted by Crippen LogP contribution is 2.42. The van der Waals surface area contributed by atoms with Gasteiger partial charge in [-0.2, -0.15) is 0 Å². The molecule has 0 radical (unpaired) electrons. The van der Waals surface area contributed by atoms with E-state index in [9.17, 15) is 4.79 Å². The van der Waals surface area contributed by atoms with E-state index in [0.717, 1.165) is 62.0 Å². The summed E-state index contributed by atoms with van der Waals surface area (Å²) >= 11 is 6.00. The summed E-state index contributed by atoms with van der Waals surface area (Å²) in [6.45, 7) is 0. The first-order valence-corrected chi connectivity index (χ1v) is 8.80. The standard InChI is InChI=1S/C18H25ClN2O.ClH/c19-14-5-3-13(4-6-14)18(11-1-2-12-18)17(22)21-16-9-7-15(20)8-10-16;/h3-6,15-16H,1-2,7-12,20H2,(H,21,22);1H. The molecular weight excluding hydrogens is 331 g/mol. The fraction of sp³-hybridized carbons (Fsp3) is 0.611. The van der Waals surface area contributed by atoms with Gasteiger partial charge in [0.05, 0.1) is 5.41 Å². The minimum absolute atomic E-state index is 0. The number of carbonyl (C=O) groups is 1. The maximum Gasteiger partial charge on any atom is 0.230 e. The smallest absolute Gasteiger partial charge is 0.230 e. The molecule has 1 amide bonds. The van der Waals surface area contributed by atoms with E-state index in [0.29, 0.717) is 6.04 Å². The van der Waals surface area contributed by atoms with Crippen molar-refractivity contribution in [1.29, 1.82) is 0 Å². The van der Waals surface area contributed by atoms with E-state index in [1.165, 1.54) is 0 Å². The van der Waals surface area contributed by atoms with Gasteiger partial charge in [-0.15, -0.1) is 12.4 Å². The third-order valence-electron chi connectivity index (χ3n) is 5.40. The van der Waals surface area contributed by atoms with E-state index < -0.39 is 0 Å². The molecule has 0 atom stereocenters. The van der Waals surface area contributed by atoms with Crippen LogP contribution in [-0.2, 0) is 10.2 Å². The van der Waals surface area contributed by atoms with Crippen molar-refractivity contribution in [2.24, 2.45) is 5.73 Å². The van der Waals surface area contributed by atoms with Crippen molar-refractivity contribution in [3.63, 3.8) is 0 Å². The Morgan fingerprint density at radius 1 is 1.09 bits per heavy atom. The van der Waals surface area contributed by atoms with Gasteiger partial charge in [0.2, 0.25) is 5.91 Å². The number of benzene rings is 1. The topological polar surface area (TPSA) is 55.1 Å². The summed E-state index contributed by atoms with van der Waals surface area (Å²) in [7, 11) is 0. The lowest BCUT2D eigenvalue weighted by Crippen LogP contribution is -2.48. The fourth-order valence-electron chi connectivity index (χ4n) is 3.98. The highest BCUT2D eigenvalue weighted by molar-refractivity contribution is 6.30. The minimum Gasteiger partial charge on any atom is -0.353 e. The molecule has 1 aromatic rings. The van der Waals surface area contributed by atoms with Crippen LogP contribution in [0, 0.1) is 0 Å². The van der Waals surface area contributed by atoms with Gasteiger partial charge in [0.25, 0.3) is 0 Å². The SMILES string of the molecule is Cl.NC1CCC(NC(=O)C2(c3ccc(Cl)cc3)CCCC2)CC1. The van der Waals surface area contributed by atoms with Gasteiger partial charge in [0, 0.05) is 17.1 Å². The first-order chi connectivity index (χ1) is 10.6. The maximum absolute atomic E-state index is 13.0. The first kappa shape index (κ1) is 18.6. The van der Waals surface area contributed by atoms with Crippen molar-refractivity contribution in [3.05, 3.63) is 34.9 Å². The van der Waals surface area contributed by atoms with Gasteiger partial charge in [0.15, 0.2) is 0 Å². The quantitative estimate of drug-likeness (QED) is 0.860. The summed E-state index contributed by atoms with van der Waals surface area (Å²) in [5.74, 6) is 0.202. The number of halogens is 2. The monoisotopic (exact) mass is 356 g/mol. The van der Waals surface area contributed by atoms with Crippen LogP contribution in [0.25, 0.3) is 0 Å². The van der Waals surface area contributed by atoms with E-state index in [1.807, 2.05) is 24.3 Å². The van der Waals surface area contributed by atoms with Crippen molar-refractivity contribution >= 4 is 29.9 Å². The molecule has 5 heteroatoms. The van der Waals surface area contributed by atoms with Crippen LogP contribution in [0.15, 0.2) is 24.3 Å². The van der Waals surface area contributed by atoms with Crippen molar-refractivity contribution in [2.75, 3.05) is 0 Å². The Morgan fingerprint density at radius 2 is 1.65 bits per heavy atom. The van der Waals surface area contributed by atoms with Crippen molar-refractivity contribution in [2.45, 2.75) is 68.9 Å². The number of nitrogens with one attached hydrogen (secondary N) is 1. The van der Waals surface area contributed by atoms with Gasteiger partial charge in [-0.1, -0.05) is 36.6 Å². The molecule has 3 nitrogen and oxygen atoms in total. The third kappa shape index (κ3) is 4.01. The Hall–Kier alpha value is -0.770. The van der Waals surface area contributed by atoms with E-state index in [2.05, 4.69) is 5.32 Å². The summed E-state index contributed by atoms with van der Waals surface area (Å²) in [5, 5.41) is 4.03. The summed E-state index contributed by atoms with van der Waals surface area (Å²) in [6.07, 6.45) is 8.14. The molecule has 0 unspecified atom stereocenters. The number of rotatable bonds is 3. The molecule has 0 bridgehead atoms. The minimum atomic E-state index is -0.357. The number of nitrogens with two attached hydrogens (primary N) is 1. The van der Waals surface area contributed by atoms with Crippen LogP contribution in [0.2, 0.25) is 5.02 Å². The van der Waals surface area contributed by atoms with Gasteiger partial charge < -0.3 is 11.1 Å². The number of hydrogen-bond donors (Lipinski definition) is 2. The van der Waals surface area contributed by atoms with E-state index in [4.69, 9.17) is 17.3 Å². The zero-order valence-electron chi connectivity index (χ0n) is 13.4. The average molecular weight is 357 g/mol. The number of hydrogen-bond acceptors (Lipinski definition) is 2. The second-order valence-corrected chi connectivity index (χ2v) is 7.32. The summed E-state index contributed by atoms with van der Waals surface area (Å²) in [6, 6.07) is 8.42. The Bertz CT molecular complexity index is 518. The molecule has 23 heavy (non-hydrogen) atoms. The molecule has 2 fully saturated rings.